The Morgan fingerprint density at radius 1 is 1.06 bits per heavy atom. The molecule has 18 heavy (non-hydrogen) atoms. The molecule has 0 aromatic heterocycles. The van der Waals surface area contributed by atoms with Crippen LogP contribution in [-0.4, -0.2) is 13.1 Å². The molecule has 1 heterocycles. The molecule has 0 amide bonds. The zero-order valence-corrected chi connectivity index (χ0v) is 9.35. The molecule has 0 atom stereocenters. The first-order chi connectivity index (χ1) is 8.78. The van der Waals surface area contributed by atoms with Crippen molar-refractivity contribution >= 4 is 6.29 Å². The fraction of sp³-hybridized carbons (Fsp3) is 0.0714. The Kier molecular flexibility index (Phi) is 2.48. The number of ether oxygens (including phenoxy) is 2. The molecule has 0 N–H and O–H groups in total. The van der Waals surface area contributed by atoms with E-state index in [0.717, 1.165) is 0 Å². The van der Waals surface area contributed by atoms with Gasteiger partial charge in [0.25, 0.3) is 0 Å². The molecule has 4 heteroatoms. The predicted octanol–water partition coefficient (Wildman–Crippen LogP) is 3.03. The van der Waals surface area contributed by atoms with Gasteiger partial charge < -0.3 is 9.47 Å². The van der Waals surface area contributed by atoms with E-state index in [1.807, 2.05) is 0 Å². The van der Waals surface area contributed by atoms with Gasteiger partial charge in [0.05, 0.1) is 0 Å². The van der Waals surface area contributed by atoms with Crippen LogP contribution in [-0.2, 0) is 0 Å². The molecular formula is C14H9FO3. The van der Waals surface area contributed by atoms with Crippen LogP contribution >= 0.6 is 0 Å². The van der Waals surface area contributed by atoms with Crippen LogP contribution in [0.4, 0.5) is 4.39 Å². The summed E-state index contributed by atoms with van der Waals surface area (Å²) in [7, 11) is 0. The zero-order valence-electron chi connectivity index (χ0n) is 9.35. The van der Waals surface area contributed by atoms with E-state index in [1.54, 1.807) is 18.2 Å². The van der Waals surface area contributed by atoms with Gasteiger partial charge in [0.1, 0.15) is 12.1 Å². The van der Waals surface area contributed by atoms with Crippen molar-refractivity contribution in [3.8, 4) is 22.6 Å². The topological polar surface area (TPSA) is 35.5 Å². The fourth-order valence-electron chi connectivity index (χ4n) is 1.90. The molecule has 0 fully saturated rings. The second kappa shape index (κ2) is 4.14. The number of aldehydes is 1. The highest BCUT2D eigenvalue weighted by atomic mass is 19.1. The van der Waals surface area contributed by atoms with Crippen molar-refractivity contribution in [2.24, 2.45) is 0 Å². The third kappa shape index (κ3) is 1.72. The highest BCUT2D eigenvalue weighted by molar-refractivity contribution is 5.79. The van der Waals surface area contributed by atoms with Crippen LogP contribution in [0.5, 0.6) is 11.5 Å². The molecule has 0 aliphatic carbocycles. The fourth-order valence-corrected chi connectivity index (χ4v) is 1.90. The number of carbonyl (C=O) groups excluding carboxylic acids is 1. The number of halogens is 1. The number of carbonyl (C=O) groups is 1. The Morgan fingerprint density at radius 2 is 1.89 bits per heavy atom. The van der Waals surface area contributed by atoms with Crippen LogP contribution in [0.15, 0.2) is 36.4 Å². The maximum absolute atomic E-state index is 13.8. The molecule has 0 spiro atoms. The van der Waals surface area contributed by atoms with Gasteiger partial charge in [-0.05, 0) is 35.9 Å². The molecule has 90 valence electrons. The first kappa shape index (κ1) is 10.8. The number of rotatable bonds is 2. The van der Waals surface area contributed by atoms with Crippen molar-refractivity contribution in [3.05, 3.63) is 47.8 Å². The number of benzene rings is 2. The Morgan fingerprint density at radius 3 is 2.72 bits per heavy atom. The van der Waals surface area contributed by atoms with Gasteiger partial charge in [0, 0.05) is 11.1 Å². The summed E-state index contributed by atoms with van der Waals surface area (Å²) >= 11 is 0. The van der Waals surface area contributed by atoms with E-state index in [1.165, 1.54) is 18.2 Å². The maximum Gasteiger partial charge on any atom is 0.231 e. The molecule has 0 saturated heterocycles. The van der Waals surface area contributed by atoms with Crippen LogP contribution in [0.25, 0.3) is 11.1 Å². The highest BCUT2D eigenvalue weighted by Gasteiger charge is 2.15. The summed E-state index contributed by atoms with van der Waals surface area (Å²) < 4.78 is 24.2. The van der Waals surface area contributed by atoms with Crippen LogP contribution < -0.4 is 9.47 Å². The van der Waals surface area contributed by atoms with E-state index in [9.17, 15) is 9.18 Å². The molecular weight excluding hydrogens is 235 g/mol. The van der Waals surface area contributed by atoms with Crippen LogP contribution in [0.2, 0.25) is 0 Å². The van der Waals surface area contributed by atoms with E-state index in [2.05, 4.69) is 0 Å². The third-order valence-corrected chi connectivity index (χ3v) is 2.81. The first-order valence-corrected chi connectivity index (χ1v) is 5.43. The summed E-state index contributed by atoms with van der Waals surface area (Å²) in [5.41, 5.74) is 1.46. The lowest BCUT2D eigenvalue weighted by Crippen LogP contribution is -1.92. The van der Waals surface area contributed by atoms with Gasteiger partial charge in [-0.15, -0.1) is 0 Å². The standard InChI is InChI=1S/C14H9FO3/c15-12-3-1-9(7-16)5-11(12)10-2-4-13-14(6-10)18-8-17-13/h1-7H,8H2. The molecule has 2 aromatic rings. The van der Waals surface area contributed by atoms with Crippen molar-refractivity contribution < 1.29 is 18.7 Å². The molecule has 1 aliphatic heterocycles. The molecule has 1 aliphatic rings. The van der Waals surface area contributed by atoms with E-state index >= 15 is 0 Å². The SMILES string of the molecule is O=Cc1ccc(F)c(-c2ccc3c(c2)OCO3)c1. The van der Waals surface area contributed by atoms with Crippen molar-refractivity contribution in [2.45, 2.75) is 0 Å². The third-order valence-electron chi connectivity index (χ3n) is 2.81. The molecule has 0 saturated carbocycles. The quantitative estimate of drug-likeness (QED) is 0.762. The minimum atomic E-state index is -0.375. The van der Waals surface area contributed by atoms with E-state index < -0.39 is 0 Å². The van der Waals surface area contributed by atoms with Gasteiger partial charge >= 0.3 is 0 Å². The van der Waals surface area contributed by atoms with Gasteiger partial charge in [-0.25, -0.2) is 4.39 Å². The summed E-state index contributed by atoms with van der Waals surface area (Å²) in [5, 5.41) is 0. The normalized spacial score (nSPS) is 12.5. The van der Waals surface area contributed by atoms with Gasteiger partial charge in [-0.1, -0.05) is 6.07 Å². The average Bonchev–Trinajstić information content (AvgIpc) is 2.86. The van der Waals surface area contributed by atoms with Gasteiger partial charge in [-0.3, -0.25) is 4.79 Å². The second-order valence-corrected chi connectivity index (χ2v) is 3.93. The monoisotopic (exact) mass is 244 g/mol. The van der Waals surface area contributed by atoms with Gasteiger partial charge in [0.15, 0.2) is 11.5 Å². The lowest BCUT2D eigenvalue weighted by atomic mass is 10.0. The molecule has 0 bridgehead atoms. The Hall–Kier alpha value is -2.36. The number of fused-ring (bicyclic) bond motifs is 1. The smallest absolute Gasteiger partial charge is 0.231 e. The van der Waals surface area contributed by atoms with Crippen LogP contribution in [0, 0.1) is 5.82 Å². The average molecular weight is 244 g/mol. The Bertz CT molecular complexity index is 622. The van der Waals surface area contributed by atoms with Crippen molar-refractivity contribution in [3.63, 3.8) is 0 Å². The van der Waals surface area contributed by atoms with Crippen molar-refractivity contribution in [1.29, 1.82) is 0 Å². The van der Waals surface area contributed by atoms with E-state index in [4.69, 9.17) is 9.47 Å². The van der Waals surface area contributed by atoms with E-state index in [0.29, 0.717) is 34.5 Å². The molecule has 3 rings (SSSR count). The van der Waals surface area contributed by atoms with Crippen molar-refractivity contribution in [1.82, 2.24) is 0 Å². The first-order valence-electron chi connectivity index (χ1n) is 5.43. The number of hydrogen-bond acceptors (Lipinski definition) is 3. The summed E-state index contributed by atoms with van der Waals surface area (Å²) in [6.07, 6.45) is 0.690. The molecule has 2 aromatic carbocycles. The van der Waals surface area contributed by atoms with Crippen LogP contribution in [0.1, 0.15) is 10.4 Å². The molecule has 3 nitrogen and oxygen atoms in total. The minimum Gasteiger partial charge on any atom is -0.454 e. The largest absolute Gasteiger partial charge is 0.454 e. The summed E-state index contributed by atoms with van der Waals surface area (Å²) in [4.78, 5) is 10.7. The lowest BCUT2D eigenvalue weighted by Gasteiger charge is -2.05. The summed E-state index contributed by atoms with van der Waals surface area (Å²) in [6, 6.07) is 9.41. The van der Waals surface area contributed by atoms with Crippen LogP contribution in [0.3, 0.4) is 0 Å². The van der Waals surface area contributed by atoms with E-state index in [-0.39, 0.29) is 12.6 Å². The summed E-state index contributed by atoms with van der Waals surface area (Å²) in [6.45, 7) is 0.176. The highest BCUT2D eigenvalue weighted by Crippen LogP contribution is 2.36. The second-order valence-electron chi connectivity index (χ2n) is 3.93. The minimum absolute atomic E-state index is 0.176. The lowest BCUT2D eigenvalue weighted by molar-refractivity contribution is 0.112. The Balaban J connectivity index is 2.11. The number of hydrogen-bond donors (Lipinski definition) is 0. The summed E-state index contributed by atoms with van der Waals surface area (Å²) in [5.74, 6) is 0.855. The van der Waals surface area contributed by atoms with Gasteiger partial charge in [-0.2, -0.15) is 0 Å². The van der Waals surface area contributed by atoms with Crippen molar-refractivity contribution in [2.75, 3.05) is 6.79 Å². The van der Waals surface area contributed by atoms with Gasteiger partial charge in [0.2, 0.25) is 6.79 Å². The molecule has 0 unspecified atom stereocenters. The maximum atomic E-state index is 13.8. The predicted molar refractivity (Wildman–Crippen MR) is 63.3 cm³/mol. The Labute approximate surface area is 103 Å². The molecule has 0 radical (unpaired) electrons. The zero-order chi connectivity index (χ0) is 12.5.